The molecule has 1 amide bonds. The third kappa shape index (κ3) is 5.58. The molecule has 0 aliphatic heterocycles. The Morgan fingerprint density at radius 1 is 0.920 bits per heavy atom. The van der Waals surface area contributed by atoms with Gasteiger partial charge in [0.2, 0.25) is 0 Å². The third-order valence-electron chi connectivity index (χ3n) is 4.93. The lowest BCUT2D eigenvalue weighted by Gasteiger charge is -2.36. The van der Waals surface area contributed by atoms with Crippen LogP contribution in [0.5, 0.6) is 0 Å². The van der Waals surface area contributed by atoms with E-state index in [9.17, 15) is 4.79 Å². The minimum Gasteiger partial charge on any atom is -0.321 e. The highest BCUT2D eigenvalue weighted by Crippen LogP contribution is 2.20. The summed E-state index contributed by atoms with van der Waals surface area (Å²) >= 11 is 0. The average Bonchev–Trinajstić information content (AvgIpc) is 2.58. The topological polar surface area (TPSA) is 29.1 Å². The standard InChI is InChI=1S/C21H28N2O.ClH/c1-5-23(6-2,15-19-13-8-7-9-14-19)16-20(24)22-21-17(3)11-10-12-18(21)4;/h7-14H,5-6,15-16H2,1-4H3;1H/p+1. The fraction of sp³-hybridized carbons (Fsp3) is 0.381. The number of para-hydroxylation sites is 1. The molecule has 0 aliphatic carbocycles. The molecule has 25 heavy (non-hydrogen) atoms. The van der Waals surface area contributed by atoms with Gasteiger partial charge in [0.25, 0.3) is 5.91 Å². The Kier molecular flexibility index (Phi) is 8.14. The van der Waals surface area contributed by atoms with Crippen molar-refractivity contribution in [2.45, 2.75) is 34.2 Å². The van der Waals surface area contributed by atoms with Crippen molar-refractivity contribution in [3.63, 3.8) is 0 Å². The fourth-order valence-corrected chi connectivity index (χ4v) is 3.19. The van der Waals surface area contributed by atoms with Gasteiger partial charge in [-0.25, -0.2) is 0 Å². The van der Waals surface area contributed by atoms with Crippen LogP contribution < -0.4 is 5.32 Å². The number of aryl methyl sites for hydroxylation is 2. The van der Waals surface area contributed by atoms with E-state index in [2.05, 4.69) is 43.4 Å². The Morgan fingerprint density at radius 2 is 1.48 bits per heavy atom. The van der Waals surface area contributed by atoms with Gasteiger partial charge in [-0.2, -0.15) is 0 Å². The van der Waals surface area contributed by atoms with Crippen LogP contribution >= 0.6 is 12.4 Å². The van der Waals surface area contributed by atoms with Crippen molar-refractivity contribution in [2.75, 3.05) is 25.0 Å². The summed E-state index contributed by atoms with van der Waals surface area (Å²) in [5, 5.41) is 3.13. The number of carbonyl (C=O) groups excluding carboxylic acids is 1. The van der Waals surface area contributed by atoms with Crippen LogP contribution in [0.25, 0.3) is 0 Å². The molecule has 0 radical (unpaired) electrons. The highest BCUT2D eigenvalue weighted by Gasteiger charge is 2.27. The molecule has 2 aromatic rings. The maximum atomic E-state index is 12.7. The summed E-state index contributed by atoms with van der Waals surface area (Å²) in [5.74, 6) is 0.0898. The summed E-state index contributed by atoms with van der Waals surface area (Å²) in [5.41, 5.74) is 4.45. The molecule has 0 spiro atoms. The molecule has 0 saturated heterocycles. The number of carbonyl (C=O) groups is 1. The lowest BCUT2D eigenvalue weighted by atomic mass is 10.1. The van der Waals surface area contributed by atoms with Crippen LogP contribution in [0.15, 0.2) is 48.5 Å². The molecule has 0 saturated carbocycles. The van der Waals surface area contributed by atoms with E-state index >= 15 is 0 Å². The lowest BCUT2D eigenvalue weighted by molar-refractivity contribution is -0.930. The number of nitrogens with zero attached hydrogens (tertiary/aromatic N) is 1. The molecule has 4 heteroatoms. The molecule has 0 unspecified atom stereocenters. The van der Waals surface area contributed by atoms with Crippen LogP contribution in [-0.4, -0.2) is 30.0 Å². The van der Waals surface area contributed by atoms with E-state index in [4.69, 9.17) is 0 Å². The number of likely N-dealkylation sites (N-methyl/N-ethyl adjacent to an activating group) is 1. The molecule has 2 rings (SSSR count). The number of amides is 1. The van der Waals surface area contributed by atoms with Crippen molar-refractivity contribution in [1.29, 1.82) is 0 Å². The summed E-state index contributed by atoms with van der Waals surface area (Å²) in [4.78, 5) is 12.7. The highest BCUT2D eigenvalue weighted by molar-refractivity contribution is 5.93. The van der Waals surface area contributed by atoms with E-state index in [1.165, 1.54) is 5.56 Å². The second-order valence-corrected chi connectivity index (χ2v) is 6.59. The van der Waals surface area contributed by atoms with E-state index < -0.39 is 0 Å². The fourth-order valence-electron chi connectivity index (χ4n) is 3.19. The molecule has 0 heterocycles. The van der Waals surface area contributed by atoms with E-state index in [1.807, 2.05) is 38.1 Å². The molecule has 1 N–H and O–H groups in total. The van der Waals surface area contributed by atoms with Gasteiger partial charge in [0.15, 0.2) is 6.54 Å². The number of hydrogen-bond donors (Lipinski definition) is 1. The molecule has 0 fully saturated rings. The minimum absolute atomic E-state index is 0. The van der Waals surface area contributed by atoms with E-state index in [0.29, 0.717) is 6.54 Å². The van der Waals surface area contributed by atoms with E-state index in [1.54, 1.807) is 0 Å². The van der Waals surface area contributed by atoms with Gasteiger partial charge in [0, 0.05) is 11.3 Å². The SMILES string of the molecule is CC[N+](CC)(CC(=O)Nc1c(C)cccc1C)Cc1ccccc1.Cl. The number of hydrogen-bond acceptors (Lipinski definition) is 1. The first-order valence-electron chi connectivity index (χ1n) is 8.75. The van der Waals surface area contributed by atoms with Crippen LogP contribution in [0.4, 0.5) is 5.69 Å². The summed E-state index contributed by atoms with van der Waals surface area (Å²) in [6, 6.07) is 16.5. The van der Waals surface area contributed by atoms with Gasteiger partial charge in [-0.3, -0.25) is 4.79 Å². The van der Waals surface area contributed by atoms with Crippen LogP contribution in [0.1, 0.15) is 30.5 Å². The Labute approximate surface area is 158 Å². The van der Waals surface area contributed by atoms with Gasteiger partial charge in [-0.1, -0.05) is 48.5 Å². The van der Waals surface area contributed by atoms with Crippen LogP contribution in [0, 0.1) is 13.8 Å². The zero-order chi connectivity index (χ0) is 17.6. The Morgan fingerprint density at radius 3 is 2.00 bits per heavy atom. The van der Waals surface area contributed by atoms with Gasteiger partial charge in [0.05, 0.1) is 13.1 Å². The molecule has 0 aromatic heterocycles. The number of quaternary nitrogens is 1. The van der Waals surface area contributed by atoms with E-state index in [0.717, 1.165) is 40.9 Å². The first kappa shape index (κ1) is 21.2. The Balaban J connectivity index is 0.00000312. The Hall–Kier alpha value is -1.84. The molecule has 136 valence electrons. The summed E-state index contributed by atoms with van der Waals surface area (Å²) in [6.45, 7) is 11.7. The maximum absolute atomic E-state index is 12.7. The maximum Gasteiger partial charge on any atom is 0.279 e. The molecular formula is C21H30ClN2O+. The summed E-state index contributed by atoms with van der Waals surface area (Å²) < 4.78 is 0.765. The average molecular weight is 362 g/mol. The summed E-state index contributed by atoms with van der Waals surface area (Å²) in [7, 11) is 0. The van der Waals surface area contributed by atoms with Crippen molar-refractivity contribution in [1.82, 2.24) is 0 Å². The smallest absolute Gasteiger partial charge is 0.279 e. The number of nitrogens with one attached hydrogen (secondary N) is 1. The number of halogens is 1. The highest BCUT2D eigenvalue weighted by atomic mass is 35.5. The van der Waals surface area contributed by atoms with Crippen molar-refractivity contribution in [3.8, 4) is 0 Å². The third-order valence-corrected chi connectivity index (χ3v) is 4.93. The van der Waals surface area contributed by atoms with Crippen molar-refractivity contribution in [2.24, 2.45) is 0 Å². The molecule has 0 bridgehead atoms. The second-order valence-electron chi connectivity index (χ2n) is 6.59. The van der Waals surface area contributed by atoms with Crippen LogP contribution in [0.3, 0.4) is 0 Å². The zero-order valence-electron chi connectivity index (χ0n) is 15.7. The normalized spacial score (nSPS) is 10.9. The van der Waals surface area contributed by atoms with Crippen molar-refractivity contribution < 1.29 is 9.28 Å². The first-order valence-corrected chi connectivity index (χ1v) is 8.75. The molecular weight excluding hydrogens is 332 g/mol. The quantitative estimate of drug-likeness (QED) is 0.710. The second kappa shape index (κ2) is 9.59. The van der Waals surface area contributed by atoms with Crippen molar-refractivity contribution >= 4 is 24.0 Å². The molecule has 0 aliphatic rings. The lowest BCUT2D eigenvalue weighted by Crippen LogP contribution is -2.51. The van der Waals surface area contributed by atoms with Gasteiger partial charge in [-0.15, -0.1) is 12.4 Å². The Bertz CT molecular complexity index is 661. The van der Waals surface area contributed by atoms with Gasteiger partial charge in [-0.05, 0) is 38.8 Å². The molecule has 0 atom stereocenters. The van der Waals surface area contributed by atoms with Crippen molar-refractivity contribution in [3.05, 3.63) is 65.2 Å². The minimum atomic E-state index is 0. The van der Waals surface area contributed by atoms with E-state index in [-0.39, 0.29) is 18.3 Å². The van der Waals surface area contributed by atoms with Gasteiger partial charge in [0.1, 0.15) is 6.54 Å². The van der Waals surface area contributed by atoms with Gasteiger partial charge >= 0.3 is 0 Å². The molecule has 3 nitrogen and oxygen atoms in total. The van der Waals surface area contributed by atoms with Crippen LogP contribution in [0.2, 0.25) is 0 Å². The summed E-state index contributed by atoms with van der Waals surface area (Å²) in [6.07, 6.45) is 0. The molecule has 2 aromatic carbocycles. The predicted molar refractivity (Wildman–Crippen MR) is 108 cm³/mol. The number of benzene rings is 2. The van der Waals surface area contributed by atoms with Crippen LogP contribution in [-0.2, 0) is 11.3 Å². The largest absolute Gasteiger partial charge is 0.321 e. The predicted octanol–water partition coefficient (Wildman–Crippen LogP) is 4.72. The zero-order valence-corrected chi connectivity index (χ0v) is 16.5. The monoisotopic (exact) mass is 361 g/mol. The van der Waals surface area contributed by atoms with Gasteiger partial charge < -0.3 is 9.80 Å². The first-order chi connectivity index (χ1) is 11.5. The number of rotatable bonds is 7. The number of anilines is 1.